The van der Waals surface area contributed by atoms with Gasteiger partial charge < -0.3 is 5.11 Å². The second-order valence-corrected chi connectivity index (χ2v) is 3.30. The lowest BCUT2D eigenvalue weighted by atomic mass is 10.2. The van der Waals surface area contributed by atoms with Crippen LogP contribution in [0.3, 0.4) is 0 Å². The lowest BCUT2D eigenvalue weighted by molar-refractivity contribution is 0.475. The van der Waals surface area contributed by atoms with Gasteiger partial charge in [0.2, 0.25) is 0 Å². The lowest BCUT2D eigenvalue weighted by Crippen LogP contribution is -1.85. The molecule has 2 aromatic carbocycles. The first-order valence-electron chi connectivity index (χ1n) is 4.83. The molecule has 2 aromatic rings. The average Bonchev–Trinajstić information content (AvgIpc) is 2.30. The average molecular weight is 215 g/mol. The second-order valence-electron chi connectivity index (χ2n) is 3.30. The van der Waals surface area contributed by atoms with Crippen LogP contribution in [0.25, 0.3) is 0 Å². The molecule has 80 valence electrons. The number of aliphatic imine (C=N–C) groups is 1. The molecule has 0 atom stereocenters. The van der Waals surface area contributed by atoms with E-state index < -0.39 is 0 Å². The van der Waals surface area contributed by atoms with Crippen LogP contribution < -0.4 is 0 Å². The summed E-state index contributed by atoms with van der Waals surface area (Å²) >= 11 is 0. The first-order chi connectivity index (χ1) is 7.75. The van der Waals surface area contributed by atoms with Crippen molar-refractivity contribution in [3.8, 4) is 5.75 Å². The van der Waals surface area contributed by atoms with Crippen LogP contribution in [0.4, 0.5) is 10.1 Å². The van der Waals surface area contributed by atoms with Gasteiger partial charge in [0.25, 0.3) is 0 Å². The monoisotopic (exact) mass is 215 g/mol. The highest BCUT2D eigenvalue weighted by molar-refractivity contribution is 5.82. The topological polar surface area (TPSA) is 32.6 Å². The van der Waals surface area contributed by atoms with E-state index >= 15 is 0 Å². The van der Waals surface area contributed by atoms with Gasteiger partial charge in [-0.25, -0.2) is 4.39 Å². The summed E-state index contributed by atoms with van der Waals surface area (Å²) in [6.45, 7) is 0. The van der Waals surface area contributed by atoms with Gasteiger partial charge in [0, 0.05) is 11.8 Å². The normalized spacial score (nSPS) is 10.8. The van der Waals surface area contributed by atoms with Gasteiger partial charge in [-0.05, 0) is 30.3 Å². The third-order valence-corrected chi connectivity index (χ3v) is 2.11. The predicted octanol–water partition coefficient (Wildman–Crippen LogP) is 3.28. The highest BCUT2D eigenvalue weighted by Gasteiger charge is 1.96. The lowest BCUT2D eigenvalue weighted by Gasteiger charge is -1.96. The highest BCUT2D eigenvalue weighted by Crippen LogP contribution is 2.16. The van der Waals surface area contributed by atoms with Gasteiger partial charge in [-0.1, -0.05) is 18.2 Å². The van der Waals surface area contributed by atoms with Crippen LogP contribution in [0, 0.1) is 5.82 Å². The molecule has 0 aliphatic heterocycles. The molecule has 0 aliphatic rings. The summed E-state index contributed by atoms with van der Waals surface area (Å²) in [4.78, 5) is 4.10. The molecular formula is C13H10FNO. The number of nitrogens with zero attached hydrogens (tertiary/aromatic N) is 1. The number of benzene rings is 2. The fourth-order valence-corrected chi connectivity index (χ4v) is 1.26. The Kier molecular flexibility index (Phi) is 2.96. The van der Waals surface area contributed by atoms with Crippen molar-refractivity contribution in [1.29, 1.82) is 0 Å². The summed E-state index contributed by atoms with van der Waals surface area (Å²) in [5, 5.41) is 9.07. The first-order valence-corrected chi connectivity index (χ1v) is 4.83. The summed E-state index contributed by atoms with van der Waals surface area (Å²) in [5.41, 5.74) is 1.11. The molecule has 2 nitrogen and oxygen atoms in total. The van der Waals surface area contributed by atoms with Crippen molar-refractivity contribution in [2.45, 2.75) is 0 Å². The maximum Gasteiger partial charge on any atom is 0.131 e. The molecule has 0 aromatic heterocycles. The van der Waals surface area contributed by atoms with Gasteiger partial charge in [-0.3, -0.25) is 4.99 Å². The number of halogens is 1. The smallest absolute Gasteiger partial charge is 0.131 e. The fraction of sp³-hybridized carbons (Fsp3) is 0. The molecule has 0 saturated heterocycles. The molecule has 0 saturated carbocycles. The number of phenols is 1. The summed E-state index contributed by atoms with van der Waals surface area (Å²) in [6, 6.07) is 12.8. The van der Waals surface area contributed by atoms with Gasteiger partial charge in [-0.15, -0.1) is 0 Å². The summed E-state index contributed by atoms with van der Waals surface area (Å²) in [7, 11) is 0. The van der Waals surface area contributed by atoms with E-state index in [1.165, 1.54) is 24.4 Å². The van der Waals surface area contributed by atoms with Crippen LogP contribution in [-0.2, 0) is 0 Å². The molecule has 0 amide bonds. The van der Waals surface area contributed by atoms with E-state index in [4.69, 9.17) is 5.11 Å². The van der Waals surface area contributed by atoms with Crippen molar-refractivity contribution in [3.05, 3.63) is 59.9 Å². The Bertz CT molecular complexity index is 506. The van der Waals surface area contributed by atoms with E-state index in [9.17, 15) is 4.39 Å². The highest BCUT2D eigenvalue weighted by atomic mass is 19.1. The Morgan fingerprint density at radius 3 is 2.38 bits per heavy atom. The zero-order chi connectivity index (χ0) is 11.4. The van der Waals surface area contributed by atoms with Crippen molar-refractivity contribution < 1.29 is 9.50 Å². The standard InChI is InChI=1S/C13H10FNO/c14-13-4-2-1-3-10(13)9-15-11-5-7-12(16)8-6-11/h1-9,16H. The zero-order valence-corrected chi connectivity index (χ0v) is 8.47. The van der Waals surface area contributed by atoms with E-state index in [1.807, 2.05) is 0 Å². The van der Waals surface area contributed by atoms with Gasteiger partial charge in [0.05, 0.1) is 5.69 Å². The second kappa shape index (κ2) is 4.57. The number of rotatable bonds is 2. The quantitative estimate of drug-likeness (QED) is 0.766. The molecule has 0 bridgehead atoms. The van der Waals surface area contributed by atoms with Crippen LogP contribution in [0.2, 0.25) is 0 Å². The van der Waals surface area contributed by atoms with Crippen molar-refractivity contribution in [2.75, 3.05) is 0 Å². The Hall–Kier alpha value is -2.16. The zero-order valence-electron chi connectivity index (χ0n) is 8.47. The SMILES string of the molecule is Oc1ccc(N=Cc2ccccc2F)cc1. The Labute approximate surface area is 92.7 Å². The van der Waals surface area contributed by atoms with Crippen molar-refractivity contribution >= 4 is 11.9 Å². The minimum atomic E-state index is -0.301. The molecule has 0 spiro atoms. The van der Waals surface area contributed by atoms with Crippen LogP contribution in [0.1, 0.15) is 5.56 Å². The predicted molar refractivity (Wildman–Crippen MR) is 61.8 cm³/mol. The van der Waals surface area contributed by atoms with Crippen LogP contribution >= 0.6 is 0 Å². The molecule has 16 heavy (non-hydrogen) atoms. The van der Waals surface area contributed by atoms with Crippen molar-refractivity contribution in [2.24, 2.45) is 4.99 Å². The molecule has 0 radical (unpaired) electrons. The summed E-state index contributed by atoms with van der Waals surface area (Å²) in [6.07, 6.45) is 1.46. The Morgan fingerprint density at radius 1 is 1.00 bits per heavy atom. The maximum absolute atomic E-state index is 13.2. The van der Waals surface area contributed by atoms with Crippen LogP contribution in [-0.4, -0.2) is 11.3 Å². The summed E-state index contributed by atoms with van der Waals surface area (Å²) in [5.74, 6) is -0.116. The van der Waals surface area contributed by atoms with Gasteiger partial charge >= 0.3 is 0 Å². The maximum atomic E-state index is 13.2. The molecule has 1 N–H and O–H groups in total. The minimum Gasteiger partial charge on any atom is -0.508 e. The number of phenolic OH excluding ortho intramolecular Hbond substituents is 1. The Morgan fingerprint density at radius 2 is 1.69 bits per heavy atom. The Balaban J connectivity index is 2.21. The van der Waals surface area contributed by atoms with Crippen LogP contribution in [0.15, 0.2) is 53.5 Å². The van der Waals surface area contributed by atoms with Crippen molar-refractivity contribution in [3.63, 3.8) is 0 Å². The van der Waals surface area contributed by atoms with Crippen molar-refractivity contribution in [1.82, 2.24) is 0 Å². The van der Waals surface area contributed by atoms with E-state index in [0.717, 1.165) is 0 Å². The molecule has 2 rings (SSSR count). The number of hydrogen-bond acceptors (Lipinski definition) is 2. The van der Waals surface area contributed by atoms with Gasteiger partial charge in [0.15, 0.2) is 0 Å². The molecule has 0 aliphatic carbocycles. The van der Waals surface area contributed by atoms with E-state index in [2.05, 4.69) is 4.99 Å². The van der Waals surface area contributed by atoms with E-state index in [0.29, 0.717) is 11.3 Å². The van der Waals surface area contributed by atoms with E-state index in [1.54, 1.807) is 30.3 Å². The number of aromatic hydroxyl groups is 1. The fourth-order valence-electron chi connectivity index (χ4n) is 1.26. The number of hydrogen-bond donors (Lipinski definition) is 1. The first kappa shape index (κ1) is 10.4. The minimum absolute atomic E-state index is 0.185. The van der Waals surface area contributed by atoms with Crippen LogP contribution in [0.5, 0.6) is 5.75 Å². The molecular weight excluding hydrogens is 205 g/mol. The molecule has 0 fully saturated rings. The van der Waals surface area contributed by atoms with Gasteiger partial charge in [0.1, 0.15) is 11.6 Å². The summed E-state index contributed by atoms with van der Waals surface area (Å²) < 4.78 is 13.2. The molecule has 0 heterocycles. The van der Waals surface area contributed by atoms with E-state index in [-0.39, 0.29) is 11.6 Å². The van der Waals surface area contributed by atoms with Gasteiger partial charge in [-0.2, -0.15) is 0 Å². The molecule has 0 unspecified atom stereocenters. The molecule has 3 heteroatoms. The third-order valence-electron chi connectivity index (χ3n) is 2.11. The third kappa shape index (κ3) is 2.45. The largest absolute Gasteiger partial charge is 0.508 e.